The van der Waals surface area contributed by atoms with E-state index in [0.717, 1.165) is 19.3 Å². The molecule has 0 unspecified atom stereocenters. The second kappa shape index (κ2) is 7.22. The zero-order valence-corrected chi connectivity index (χ0v) is 16.5. The highest BCUT2D eigenvalue weighted by Crippen LogP contribution is 2.55. The summed E-state index contributed by atoms with van der Waals surface area (Å²) in [4.78, 5) is 40.1. The Labute approximate surface area is 165 Å². The Bertz CT molecular complexity index is 747. The average molecular weight is 436 g/mol. The molecule has 0 saturated heterocycles. The molecule has 8 heteroatoms. The SMILES string of the molecule is O=C(COC(=O)c1cncc(Br)c1)NC(=O)NC12CC3CC(CC(C3)C1)C2. The van der Waals surface area contributed by atoms with E-state index in [4.69, 9.17) is 4.74 Å². The Morgan fingerprint density at radius 2 is 1.74 bits per heavy atom. The lowest BCUT2D eigenvalue weighted by atomic mass is 9.53. The maximum Gasteiger partial charge on any atom is 0.340 e. The van der Waals surface area contributed by atoms with Gasteiger partial charge in [0, 0.05) is 22.4 Å². The molecule has 0 aromatic carbocycles. The number of rotatable bonds is 4. The first kappa shape index (κ1) is 18.4. The van der Waals surface area contributed by atoms with Gasteiger partial charge in [-0.1, -0.05) is 0 Å². The third-order valence-electron chi connectivity index (χ3n) is 5.94. The molecular weight excluding hydrogens is 414 g/mol. The second-order valence-electron chi connectivity index (χ2n) is 8.17. The molecule has 4 bridgehead atoms. The van der Waals surface area contributed by atoms with Gasteiger partial charge in [0.1, 0.15) is 0 Å². The second-order valence-corrected chi connectivity index (χ2v) is 9.08. The lowest BCUT2D eigenvalue weighted by molar-refractivity contribution is -0.123. The third kappa shape index (κ3) is 4.15. The van der Waals surface area contributed by atoms with Crippen molar-refractivity contribution in [3.63, 3.8) is 0 Å². The van der Waals surface area contributed by atoms with E-state index in [9.17, 15) is 14.4 Å². The Hall–Kier alpha value is -1.96. The van der Waals surface area contributed by atoms with Crippen molar-refractivity contribution in [3.05, 3.63) is 28.5 Å². The van der Waals surface area contributed by atoms with E-state index in [1.54, 1.807) is 6.07 Å². The Morgan fingerprint density at radius 3 is 2.33 bits per heavy atom. The molecule has 144 valence electrons. The van der Waals surface area contributed by atoms with Crippen LogP contribution >= 0.6 is 15.9 Å². The number of amides is 3. The molecule has 1 heterocycles. The van der Waals surface area contributed by atoms with Crippen LogP contribution in [0.1, 0.15) is 48.9 Å². The Kier molecular flexibility index (Phi) is 4.92. The fourth-order valence-corrected chi connectivity index (χ4v) is 5.80. The Morgan fingerprint density at radius 1 is 1.11 bits per heavy atom. The standard InChI is InChI=1S/C19H22BrN3O4/c20-15-4-14(8-21-9-15)17(25)27-10-16(24)22-18(26)23-19-5-11-1-12(6-19)3-13(2-11)7-19/h4,8-9,11-13H,1-3,5-7,10H2,(H2,22,23,24,26). The number of esters is 1. The molecule has 2 N–H and O–H groups in total. The molecule has 4 aliphatic carbocycles. The molecule has 0 radical (unpaired) electrons. The number of hydrogen-bond donors (Lipinski definition) is 2. The van der Waals surface area contributed by atoms with E-state index in [2.05, 4.69) is 31.5 Å². The number of halogens is 1. The van der Waals surface area contributed by atoms with Crippen LogP contribution in [0.4, 0.5) is 4.79 Å². The summed E-state index contributed by atoms with van der Waals surface area (Å²) in [6.07, 6.45) is 9.75. The lowest BCUT2D eigenvalue weighted by Gasteiger charge is -2.56. The maximum absolute atomic E-state index is 12.3. The first-order valence-electron chi connectivity index (χ1n) is 9.30. The number of imide groups is 1. The van der Waals surface area contributed by atoms with E-state index < -0.39 is 24.5 Å². The van der Waals surface area contributed by atoms with Gasteiger partial charge in [0.25, 0.3) is 5.91 Å². The molecule has 4 aliphatic rings. The van der Waals surface area contributed by atoms with Crippen molar-refractivity contribution < 1.29 is 19.1 Å². The van der Waals surface area contributed by atoms with Crippen LogP contribution in [-0.4, -0.2) is 35.0 Å². The monoisotopic (exact) mass is 435 g/mol. The van der Waals surface area contributed by atoms with Crippen molar-refractivity contribution >= 4 is 33.8 Å². The number of urea groups is 1. The largest absolute Gasteiger partial charge is 0.452 e. The van der Waals surface area contributed by atoms with Crippen LogP contribution in [0.5, 0.6) is 0 Å². The molecule has 0 atom stereocenters. The molecule has 3 amide bonds. The first-order chi connectivity index (χ1) is 12.9. The number of pyridine rings is 1. The van der Waals surface area contributed by atoms with Gasteiger partial charge in [-0.05, 0) is 78.3 Å². The fraction of sp³-hybridized carbons (Fsp3) is 0.579. The van der Waals surface area contributed by atoms with Crippen molar-refractivity contribution in [2.75, 3.05) is 6.61 Å². The van der Waals surface area contributed by atoms with Crippen LogP contribution in [0.3, 0.4) is 0 Å². The first-order valence-corrected chi connectivity index (χ1v) is 10.1. The summed E-state index contributed by atoms with van der Waals surface area (Å²) in [6, 6.07) is 1.05. The molecule has 4 saturated carbocycles. The predicted octanol–water partition coefficient (Wildman–Crippen LogP) is 2.80. The quantitative estimate of drug-likeness (QED) is 0.708. The molecule has 1 aromatic heterocycles. The number of nitrogens with one attached hydrogen (secondary N) is 2. The number of carbonyl (C=O) groups is 3. The van der Waals surface area contributed by atoms with E-state index in [-0.39, 0.29) is 11.1 Å². The van der Waals surface area contributed by atoms with Gasteiger partial charge < -0.3 is 10.1 Å². The summed E-state index contributed by atoms with van der Waals surface area (Å²) in [7, 11) is 0. The minimum Gasteiger partial charge on any atom is -0.452 e. The molecule has 0 spiro atoms. The molecule has 1 aromatic rings. The fourth-order valence-electron chi connectivity index (χ4n) is 5.44. The van der Waals surface area contributed by atoms with Gasteiger partial charge >= 0.3 is 12.0 Å². The van der Waals surface area contributed by atoms with Crippen LogP contribution in [0.25, 0.3) is 0 Å². The van der Waals surface area contributed by atoms with Crippen molar-refractivity contribution in [1.82, 2.24) is 15.6 Å². The maximum atomic E-state index is 12.3. The number of hydrogen-bond acceptors (Lipinski definition) is 5. The highest BCUT2D eigenvalue weighted by molar-refractivity contribution is 9.10. The van der Waals surface area contributed by atoms with E-state index >= 15 is 0 Å². The minimum absolute atomic E-state index is 0.169. The highest BCUT2D eigenvalue weighted by atomic mass is 79.9. The topological polar surface area (TPSA) is 97.4 Å². The zero-order valence-electron chi connectivity index (χ0n) is 14.9. The van der Waals surface area contributed by atoms with Gasteiger partial charge in [0.05, 0.1) is 5.56 Å². The van der Waals surface area contributed by atoms with Crippen LogP contribution in [-0.2, 0) is 9.53 Å². The summed E-state index contributed by atoms with van der Waals surface area (Å²) >= 11 is 3.22. The number of carbonyl (C=O) groups excluding carboxylic acids is 3. The van der Waals surface area contributed by atoms with Gasteiger partial charge in [-0.2, -0.15) is 0 Å². The summed E-state index contributed by atoms with van der Waals surface area (Å²) in [5, 5.41) is 5.34. The Balaban J connectivity index is 1.26. The predicted molar refractivity (Wildman–Crippen MR) is 99.8 cm³/mol. The van der Waals surface area contributed by atoms with Crippen molar-refractivity contribution in [3.8, 4) is 0 Å². The minimum atomic E-state index is -0.666. The molecule has 0 aliphatic heterocycles. The third-order valence-corrected chi connectivity index (χ3v) is 6.38. The van der Waals surface area contributed by atoms with Crippen molar-refractivity contribution in [2.45, 2.75) is 44.1 Å². The van der Waals surface area contributed by atoms with Crippen LogP contribution in [0, 0.1) is 17.8 Å². The van der Waals surface area contributed by atoms with Gasteiger partial charge in [0.2, 0.25) is 0 Å². The van der Waals surface area contributed by atoms with Crippen LogP contribution in [0.2, 0.25) is 0 Å². The summed E-state index contributed by atoms with van der Waals surface area (Å²) in [5.74, 6) is 0.792. The van der Waals surface area contributed by atoms with Crippen molar-refractivity contribution in [1.29, 1.82) is 0 Å². The number of nitrogens with zero attached hydrogens (tertiary/aromatic N) is 1. The average Bonchev–Trinajstić information content (AvgIpc) is 2.57. The van der Waals surface area contributed by atoms with Crippen LogP contribution < -0.4 is 10.6 Å². The van der Waals surface area contributed by atoms with Gasteiger partial charge in [-0.3, -0.25) is 15.1 Å². The molecular formula is C19H22BrN3O4. The molecule has 27 heavy (non-hydrogen) atoms. The summed E-state index contributed by atoms with van der Waals surface area (Å²) < 4.78 is 5.58. The molecule has 4 fully saturated rings. The van der Waals surface area contributed by atoms with Crippen molar-refractivity contribution in [2.24, 2.45) is 17.8 Å². The number of aromatic nitrogens is 1. The smallest absolute Gasteiger partial charge is 0.340 e. The van der Waals surface area contributed by atoms with Gasteiger partial charge in [-0.25, -0.2) is 9.59 Å². The summed E-state index contributed by atoms with van der Waals surface area (Å²) in [6.45, 7) is -0.514. The van der Waals surface area contributed by atoms with Gasteiger partial charge in [-0.15, -0.1) is 0 Å². The zero-order chi connectivity index (χ0) is 19.0. The summed E-state index contributed by atoms with van der Waals surface area (Å²) in [5.41, 5.74) is 0.0628. The van der Waals surface area contributed by atoms with Crippen LogP contribution in [0.15, 0.2) is 22.9 Å². The van der Waals surface area contributed by atoms with E-state index in [0.29, 0.717) is 22.2 Å². The van der Waals surface area contributed by atoms with Gasteiger partial charge in [0.15, 0.2) is 6.61 Å². The normalized spacial score (nSPS) is 30.6. The molecule has 5 rings (SSSR count). The van der Waals surface area contributed by atoms with E-state index in [1.807, 2.05) is 0 Å². The molecule has 7 nitrogen and oxygen atoms in total. The highest BCUT2D eigenvalue weighted by Gasteiger charge is 2.51. The van der Waals surface area contributed by atoms with E-state index in [1.165, 1.54) is 31.7 Å². The lowest BCUT2D eigenvalue weighted by Crippen LogP contribution is -2.62. The number of ether oxygens (including phenoxy) is 1.